The predicted octanol–water partition coefficient (Wildman–Crippen LogP) is 6.67. The van der Waals surface area contributed by atoms with Gasteiger partial charge in [-0.2, -0.15) is 0 Å². The Balaban J connectivity index is 1.44. The summed E-state index contributed by atoms with van der Waals surface area (Å²) < 4.78 is 19.6. The molecule has 2 fully saturated rings. The third kappa shape index (κ3) is 5.61. The molecule has 3 N–H and O–H groups in total. The number of hydrogen-bond donors (Lipinski definition) is 2. The van der Waals surface area contributed by atoms with Gasteiger partial charge in [-0.1, -0.05) is 0 Å². The molecule has 1 aromatic heterocycles. The van der Waals surface area contributed by atoms with Crippen LogP contribution in [0, 0.1) is 12.8 Å². The van der Waals surface area contributed by atoms with Crippen LogP contribution in [0.5, 0.6) is 17.2 Å². The maximum absolute atomic E-state index is 12.1. The summed E-state index contributed by atoms with van der Waals surface area (Å²) in [5.74, 6) is 2.82. The Morgan fingerprint density at radius 3 is 2.63 bits per heavy atom. The van der Waals surface area contributed by atoms with Crippen LogP contribution in [0.25, 0.3) is 16.7 Å². The molecule has 0 bridgehead atoms. The number of nitrogens with two attached hydrogens (primary N) is 1. The third-order valence-corrected chi connectivity index (χ3v) is 8.90. The molecule has 214 valence electrons. The molecule has 6 rings (SSSR count). The summed E-state index contributed by atoms with van der Waals surface area (Å²) in [7, 11) is 1.68. The molecule has 1 saturated heterocycles. The highest BCUT2D eigenvalue weighted by Gasteiger charge is 2.30. The molecule has 9 heteroatoms. The molecule has 2 aliphatic rings. The molecule has 1 aliphatic carbocycles. The van der Waals surface area contributed by atoms with Gasteiger partial charge in [0.05, 0.1) is 28.9 Å². The van der Waals surface area contributed by atoms with Gasteiger partial charge in [0.15, 0.2) is 0 Å². The van der Waals surface area contributed by atoms with E-state index in [1.807, 2.05) is 62.0 Å². The Hall–Kier alpha value is -3.69. The van der Waals surface area contributed by atoms with Crippen molar-refractivity contribution in [3.63, 3.8) is 0 Å². The van der Waals surface area contributed by atoms with E-state index in [2.05, 4.69) is 9.88 Å². The largest absolute Gasteiger partial charge is 0.496 e. The lowest BCUT2D eigenvalue weighted by molar-refractivity contribution is 0.0699. The van der Waals surface area contributed by atoms with Crippen LogP contribution in [0.15, 0.2) is 53.7 Å². The van der Waals surface area contributed by atoms with Gasteiger partial charge in [-0.05, 0) is 92.2 Å². The van der Waals surface area contributed by atoms with Gasteiger partial charge >= 0.3 is 0 Å². The van der Waals surface area contributed by atoms with Gasteiger partial charge in [-0.15, -0.1) is 11.8 Å². The fourth-order valence-electron chi connectivity index (χ4n) is 5.78. The number of benzene rings is 3. The van der Waals surface area contributed by atoms with E-state index < -0.39 is 5.91 Å². The number of nitrogens with one attached hydrogen (secondary N) is 1. The van der Waals surface area contributed by atoms with Gasteiger partial charge in [0, 0.05) is 37.5 Å². The third-order valence-electron chi connectivity index (χ3n) is 8.14. The van der Waals surface area contributed by atoms with E-state index in [1.165, 1.54) is 5.56 Å². The molecule has 3 aromatic carbocycles. The van der Waals surface area contributed by atoms with Crippen LogP contribution in [-0.2, 0) is 4.74 Å². The van der Waals surface area contributed by atoms with E-state index >= 15 is 0 Å². The number of carbonyl (C=O) groups excluding carboxylic acids is 1. The lowest BCUT2D eigenvalue weighted by Gasteiger charge is -2.23. The molecule has 1 amide bonds. The van der Waals surface area contributed by atoms with Gasteiger partial charge in [0.1, 0.15) is 29.1 Å². The number of amides is 1. The number of rotatable bonds is 10. The number of fused-ring (bicyclic) bond motifs is 1. The molecule has 2 heterocycles. The first kappa shape index (κ1) is 27.5. The van der Waals surface area contributed by atoms with Gasteiger partial charge in [0.25, 0.3) is 0 Å². The summed E-state index contributed by atoms with van der Waals surface area (Å²) in [5.41, 5.74) is 12.2. The molecule has 0 radical (unpaired) electrons. The van der Waals surface area contributed by atoms with Gasteiger partial charge in [-0.3, -0.25) is 9.36 Å². The Labute approximate surface area is 244 Å². The Kier molecular flexibility index (Phi) is 7.81. The molecular weight excluding hydrogens is 536 g/mol. The highest BCUT2D eigenvalue weighted by molar-refractivity contribution is 7.98. The monoisotopic (exact) mass is 572 g/mol. The van der Waals surface area contributed by atoms with Gasteiger partial charge in [-0.25, -0.2) is 4.98 Å². The molecule has 41 heavy (non-hydrogen) atoms. The minimum Gasteiger partial charge on any atom is -0.496 e. The van der Waals surface area contributed by atoms with Gasteiger partial charge in [0.2, 0.25) is 5.91 Å². The van der Waals surface area contributed by atoms with Crippen molar-refractivity contribution in [3.8, 4) is 22.9 Å². The van der Waals surface area contributed by atoms with Crippen molar-refractivity contribution in [2.75, 3.05) is 38.4 Å². The van der Waals surface area contributed by atoms with E-state index in [1.54, 1.807) is 18.9 Å². The van der Waals surface area contributed by atoms with Crippen molar-refractivity contribution in [1.29, 1.82) is 0 Å². The number of ether oxygens (including phenoxy) is 3. The van der Waals surface area contributed by atoms with Crippen molar-refractivity contribution < 1.29 is 19.0 Å². The zero-order valence-corrected chi connectivity index (χ0v) is 24.6. The minimum absolute atomic E-state index is 0.397. The average Bonchev–Trinajstić information content (AvgIpc) is 3.74. The van der Waals surface area contributed by atoms with Crippen LogP contribution >= 0.6 is 11.8 Å². The predicted molar refractivity (Wildman–Crippen MR) is 163 cm³/mol. The van der Waals surface area contributed by atoms with E-state index in [9.17, 15) is 4.79 Å². The van der Waals surface area contributed by atoms with E-state index in [0.717, 1.165) is 89.8 Å². The Morgan fingerprint density at radius 1 is 1.12 bits per heavy atom. The number of anilines is 1. The number of nitrogens with zero attached hydrogens (tertiary/aromatic N) is 2. The fourth-order valence-corrected chi connectivity index (χ4v) is 6.36. The lowest BCUT2D eigenvalue weighted by atomic mass is 9.96. The summed E-state index contributed by atoms with van der Waals surface area (Å²) in [6.07, 6.45) is 8.18. The van der Waals surface area contributed by atoms with E-state index in [4.69, 9.17) is 24.9 Å². The highest BCUT2D eigenvalue weighted by Crippen LogP contribution is 2.46. The zero-order valence-electron chi connectivity index (χ0n) is 23.7. The smallest absolute Gasteiger partial charge is 0.248 e. The zero-order chi connectivity index (χ0) is 28.5. The lowest BCUT2D eigenvalue weighted by Crippen LogP contribution is -2.22. The van der Waals surface area contributed by atoms with Crippen LogP contribution in [0.1, 0.15) is 53.1 Å². The second-order valence-electron chi connectivity index (χ2n) is 10.8. The normalized spacial score (nSPS) is 15.7. The van der Waals surface area contributed by atoms with Crippen LogP contribution < -0.4 is 20.5 Å². The van der Waals surface area contributed by atoms with Crippen molar-refractivity contribution in [3.05, 3.63) is 65.5 Å². The summed E-state index contributed by atoms with van der Waals surface area (Å²) in [4.78, 5) is 18.0. The first-order valence-electron chi connectivity index (χ1n) is 14.1. The Bertz CT molecular complexity index is 1590. The van der Waals surface area contributed by atoms with E-state index in [-0.39, 0.29) is 0 Å². The summed E-state index contributed by atoms with van der Waals surface area (Å²) in [6.45, 7) is 4.45. The maximum Gasteiger partial charge on any atom is 0.248 e. The first-order chi connectivity index (χ1) is 20.0. The molecule has 1 saturated carbocycles. The van der Waals surface area contributed by atoms with Crippen molar-refractivity contribution in [2.24, 2.45) is 11.7 Å². The van der Waals surface area contributed by atoms with Crippen LogP contribution in [0.2, 0.25) is 0 Å². The molecular formula is C32H36N4O4S. The van der Waals surface area contributed by atoms with Gasteiger partial charge < -0.3 is 25.3 Å². The second-order valence-corrected chi connectivity index (χ2v) is 11.7. The van der Waals surface area contributed by atoms with Crippen molar-refractivity contribution >= 4 is 34.4 Å². The molecule has 0 unspecified atom stereocenters. The number of imidazole rings is 1. The standard InChI is InChI=1S/C32H36N4O4S/c1-19-24(32(33)37)7-8-26(30(19)21-4-5-21)36-18-35-31-25(34-17-20-10-12-39-13-11-20)14-23(15-27(31)36)40-22-6-9-28(38-2)29(16-22)41-3/h6-9,14-16,18,20-21,34H,4-5,10-13,17H2,1-3H3,(H2,33,37). The SMILES string of the molecule is COc1ccc(Oc2cc(NCC3CCOCC3)c3ncn(-c4ccc(C(N)=O)c(C)c4C4CC4)c3c2)cc1SC. The van der Waals surface area contributed by atoms with Crippen LogP contribution in [0.4, 0.5) is 5.69 Å². The molecule has 8 nitrogen and oxygen atoms in total. The number of carbonyl (C=O) groups is 1. The molecule has 1 aliphatic heterocycles. The number of methoxy groups -OCH3 is 1. The van der Waals surface area contributed by atoms with Crippen molar-refractivity contribution in [1.82, 2.24) is 9.55 Å². The summed E-state index contributed by atoms with van der Waals surface area (Å²) >= 11 is 1.62. The number of hydrogen-bond acceptors (Lipinski definition) is 7. The minimum atomic E-state index is -0.397. The average molecular weight is 573 g/mol. The topological polar surface area (TPSA) is 101 Å². The molecule has 4 aromatic rings. The number of primary amides is 1. The van der Waals surface area contributed by atoms with Crippen LogP contribution in [0.3, 0.4) is 0 Å². The van der Waals surface area contributed by atoms with Crippen LogP contribution in [-0.4, -0.2) is 48.6 Å². The summed E-state index contributed by atoms with van der Waals surface area (Å²) in [5, 5.41) is 3.68. The highest BCUT2D eigenvalue weighted by atomic mass is 32.2. The quantitative estimate of drug-likeness (QED) is 0.205. The Morgan fingerprint density at radius 2 is 1.93 bits per heavy atom. The number of thioether (sulfide) groups is 1. The maximum atomic E-state index is 12.1. The summed E-state index contributed by atoms with van der Waals surface area (Å²) in [6, 6.07) is 13.8. The van der Waals surface area contributed by atoms with E-state index in [0.29, 0.717) is 23.1 Å². The number of aromatic nitrogens is 2. The van der Waals surface area contributed by atoms with Crippen molar-refractivity contribution in [2.45, 2.75) is 43.4 Å². The second kappa shape index (κ2) is 11.7. The first-order valence-corrected chi connectivity index (χ1v) is 15.4. The molecule has 0 atom stereocenters. The fraction of sp³-hybridized carbons (Fsp3) is 0.375. The molecule has 0 spiro atoms.